The summed E-state index contributed by atoms with van der Waals surface area (Å²) in [6.07, 6.45) is 2.93. The predicted octanol–water partition coefficient (Wildman–Crippen LogP) is 2.34. The van der Waals surface area contributed by atoms with Gasteiger partial charge in [-0.05, 0) is 36.0 Å². The second-order valence-electron chi connectivity index (χ2n) is 5.39. The van der Waals surface area contributed by atoms with Crippen LogP contribution in [0.2, 0.25) is 0 Å². The Bertz CT molecular complexity index is 833. The van der Waals surface area contributed by atoms with E-state index in [1.165, 1.54) is 17.2 Å². The number of nitrogens with zero attached hydrogens (tertiary/aromatic N) is 2. The van der Waals surface area contributed by atoms with Gasteiger partial charge in [-0.2, -0.15) is 0 Å². The monoisotopic (exact) mass is 372 g/mol. The minimum atomic E-state index is -0.540. The molecule has 26 heavy (non-hydrogen) atoms. The summed E-state index contributed by atoms with van der Waals surface area (Å²) in [5.41, 5.74) is 0.588. The first-order valence-electron chi connectivity index (χ1n) is 7.85. The van der Waals surface area contributed by atoms with Gasteiger partial charge in [0.1, 0.15) is 12.3 Å². The highest BCUT2D eigenvalue weighted by Gasteiger charge is 2.37. The van der Waals surface area contributed by atoms with Gasteiger partial charge in [0.2, 0.25) is 5.91 Å². The van der Waals surface area contributed by atoms with Crippen LogP contribution in [0.4, 0.5) is 10.5 Å². The first-order chi connectivity index (χ1) is 12.6. The Morgan fingerprint density at radius 3 is 2.62 bits per heavy atom. The van der Waals surface area contributed by atoms with Crippen LogP contribution in [0.3, 0.4) is 0 Å². The topological polar surface area (TPSA) is 91.1 Å². The van der Waals surface area contributed by atoms with Gasteiger partial charge in [0.25, 0.3) is 11.1 Å². The molecule has 2 heterocycles. The molecule has 1 fully saturated rings. The number of furan rings is 1. The highest BCUT2D eigenvalue weighted by molar-refractivity contribution is 8.18. The van der Waals surface area contributed by atoms with Crippen molar-refractivity contribution in [2.75, 3.05) is 24.6 Å². The molecular weight excluding hydrogens is 356 g/mol. The molecule has 0 unspecified atom stereocenters. The summed E-state index contributed by atoms with van der Waals surface area (Å²) in [5, 5.41) is 8.72. The Hall–Kier alpha value is -2.84. The first-order valence-corrected chi connectivity index (χ1v) is 8.67. The number of aliphatic hydroxyl groups excluding tert-OH is 1. The van der Waals surface area contributed by atoms with Crippen LogP contribution >= 0.6 is 11.8 Å². The number of anilines is 1. The highest BCUT2D eigenvalue weighted by atomic mass is 32.2. The number of para-hydroxylation sites is 1. The van der Waals surface area contributed by atoms with Gasteiger partial charge in [-0.25, -0.2) is 0 Å². The van der Waals surface area contributed by atoms with E-state index in [2.05, 4.69) is 0 Å². The van der Waals surface area contributed by atoms with Crippen LogP contribution in [0.5, 0.6) is 0 Å². The summed E-state index contributed by atoms with van der Waals surface area (Å²) in [7, 11) is 0. The maximum atomic E-state index is 12.6. The second-order valence-corrected chi connectivity index (χ2v) is 6.38. The fourth-order valence-electron chi connectivity index (χ4n) is 2.47. The molecule has 1 aliphatic heterocycles. The van der Waals surface area contributed by atoms with Crippen LogP contribution in [0, 0.1) is 0 Å². The molecule has 1 aromatic carbocycles. The van der Waals surface area contributed by atoms with Crippen molar-refractivity contribution >= 4 is 40.6 Å². The number of benzene rings is 1. The van der Waals surface area contributed by atoms with Gasteiger partial charge in [0.15, 0.2) is 0 Å². The van der Waals surface area contributed by atoms with Gasteiger partial charge < -0.3 is 14.4 Å². The molecule has 0 saturated carbocycles. The van der Waals surface area contributed by atoms with Gasteiger partial charge in [-0.15, -0.1) is 0 Å². The van der Waals surface area contributed by atoms with Crippen LogP contribution < -0.4 is 4.90 Å². The SMILES string of the molecule is O=C1S/C(=C\c2ccco2)C(=O)N1CC(=O)N(CCO)c1ccccc1. The van der Waals surface area contributed by atoms with E-state index in [1.807, 2.05) is 0 Å². The highest BCUT2D eigenvalue weighted by Crippen LogP contribution is 2.32. The fourth-order valence-corrected chi connectivity index (χ4v) is 3.28. The standard InChI is InChI=1S/C18H16N2O5S/c21-9-8-19(13-5-2-1-3-6-13)16(22)12-20-17(23)15(26-18(20)24)11-14-7-4-10-25-14/h1-7,10-11,21H,8-9,12H2/b15-11-. The van der Waals surface area contributed by atoms with E-state index >= 15 is 0 Å². The quantitative estimate of drug-likeness (QED) is 0.783. The molecule has 8 heteroatoms. The average Bonchev–Trinajstić information content (AvgIpc) is 3.24. The number of amides is 3. The van der Waals surface area contributed by atoms with Crippen molar-refractivity contribution in [3.63, 3.8) is 0 Å². The van der Waals surface area contributed by atoms with Gasteiger partial charge in [-0.3, -0.25) is 19.3 Å². The van der Waals surface area contributed by atoms with Crippen molar-refractivity contribution in [1.29, 1.82) is 0 Å². The van der Waals surface area contributed by atoms with Crippen LogP contribution in [0.25, 0.3) is 6.08 Å². The summed E-state index contributed by atoms with van der Waals surface area (Å²) >= 11 is 0.761. The number of rotatable bonds is 6. The van der Waals surface area contributed by atoms with Crippen molar-refractivity contribution in [2.45, 2.75) is 0 Å². The van der Waals surface area contributed by atoms with E-state index in [0.717, 1.165) is 16.7 Å². The summed E-state index contributed by atoms with van der Waals surface area (Å²) in [6, 6.07) is 12.1. The van der Waals surface area contributed by atoms with Crippen molar-refractivity contribution in [3.05, 3.63) is 59.4 Å². The zero-order valence-corrected chi connectivity index (χ0v) is 14.5. The number of carbonyl (C=O) groups excluding carboxylic acids is 3. The van der Waals surface area contributed by atoms with Gasteiger partial charge in [0, 0.05) is 18.3 Å². The molecule has 1 aliphatic rings. The number of carbonyl (C=O) groups is 3. The maximum Gasteiger partial charge on any atom is 0.294 e. The molecule has 0 spiro atoms. The summed E-state index contributed by atoms with van der Waals surface area (Å²) in [6.45, 7) is -0.558. The zero-order chi connectivity index (χ0) is 18.5. The number of hydrogen-bond acceptors (Lipinski definition) is 6. The minimum Gasteiger partial charge on any atom is -0.465 e. The van der Waals surface area contributed by atoms with E-state index < -0.39 is 23.6 Å². The summed E-state index contributed by atoms with van der Waals surface area (Å²) in [4.78, 5) is 39.7. The van der Waals surface area contributed by atoms with Gasteiger partial charge in [0.05, 0.1) is 17.8 Å². The lowest BCUT2D eigenvalue weighted by Gasteiger charge is -2.23. The molecule has 0 radical (unpaired) electrons. The molecule has 1 N–H and O–H groups in total. The molecule has 7 nitrogen and oxygen atoms in total. The molecule has 1 saturated heterocycles. The maximum absolute atomic E-state index is 12.6. The Balaban J connectivity index is 1.75. The van der Waals surface area contributed by atoms with E-state index in [4.69, 9.17) is 4.42 Å². The molecule has 0 aliphatic carbocycles. The van der Waals surface area contributed by atoms with Crippen molar-refractivity contribution in [1.82, 2.24) is 4.90 Å². The zero-order valence-electron chi connectivity index (χ0n) is 13.7. The third-order valence-electron chi connectivity index (χ3n) is 3.68. The van der Waals surface area contributed by atoms with Crippen LogP contribution in [-0.2, 0) is 9.59 Å². The van der Waals surface area contributed by atoms with E-state index in [-0.39, 0.29) is 18.1 Å². The summed E-state index contributed by atoms with van der Waals surface area (Å²) < 4.78 is 5.15. The first kappa shape index (κ1) is 18.0. The molecular formula is C18H16N2O5S. The predicted molar refractivity (Wildman–Crippen MR) is 97.3 cm³/mol. The molecule has 134 valence electrons. The Morgan fingerprint density at radius 1 is 1.19 bits per heavy atom. The largest absolute Gasteiger partial charge is 0.465 e. The second kappa shape index (κ2) is 8.03. The average molecular weight is 372 g/mol. The molecule has 1 aromatic heterocycles. The van der Waals surface area contributed by atoms with Gasteiger partial charge in [-0.1, -0.05) is 18.2 Å². The lowest BCUT2D eigenvalue weighted by atomic mass is 10.2. The normalized spacial score (nSPS) is 15.7. The van der Waals surface area contributed by atoms with Crippen molar-refractivity contribution in [3.8, 4) is 0 Å². The minimum absolute atomic E-state index is 0.0707. The van der Waals surface area contributed by atoms with Crippen molar-refractivity contribution < 1.29 is 23.9 Å². The molecule has 2 aromatic rings. The Labute approximate surface area is 153 Å². The lowest BCUT2D eigenvalue weighted by molar-refractivity contribution is -0.128. The Morgan fingerprint density at radius 2 is 1.96 bits per heavy atom. The van der Waals surface area contributed by atoms with Crippen LogP contribution in [0.1, 0.15) is 5.76 Å². The summed E-state index contributed by atoms with van der Waals surface area (Å²) in [5.74, 6) is -0.540. The third kappa shape index (κ3) is 3.87. The third-order valence-corrected chi connectivity index (χ3v) is 4.58. The molecule has 3 amide bonds. The number of aliphatic hydroxyl groups is 1. The van der Waals surface area contributed by atoms with Crippen LogP contribution in [0.15, 0.2) is 58.1 Å². The van der Waals surface area contributed by atoms with Crippen molar-refractivity contribution in [2.24, 2.45) is 0 Å². The van der Waals surface area contributed by atoms with E-state index in [9.17, 15) is 19.5 Å². The molecule has 3 rings (SSSR count). The molecule has 0 bridgehead atoms. The molecule has 0 atom stereocenters. The smallest absolute Gasteiger partial charge is 0.294 e. The number of thioether (sulfide) groups is 1. The Kier molecular flexibility index (Phi) is 5.55. The van der Waals surface area contributed by atoms with E-state index in [0.29, 0.717) is 11.4 Å². The number of hydrogen-bond donors (Lipinski definition) is 1. The van der Waals surface area contributed by atoms with Crippen LogP contribution in [-0.4, -0.2) is 46.8 Å². The lowest BCUT2D eigenvalue weighted by Crippen LogP contribution is -2.43. The van der Waals surface area contributed by atoms with E-state index in [1.54, 1.807) is 42.5 Å². The number of imide groups is 1. The van der Waals surface area contributed by atoms with Gasteiger partial charge >= 0.3 is 0 Å². The fraction of sp³-hybridized carbons (Fsp3) is 0.167.